The average Bonchev–Trinajstić information content (AvgIpc) is 3.82. The molecule has 41 heavy (non-hydrogen) atoms. The average molecular weight is 553 g/mol. The Labute approximate surface area is 241 Å². The first-order chi connectivity index (χ1) is 20.0. The van der Waals surface area contributed by atoms with E-state index in [-0.39, 0.29) is 29.7 Å². The molecular formula is C35H40N2O4. The number of fused-ring (bicyclic) bond motifs is 1. The second kappa shape index (κ2) is 11.0. The highest BCUT2D eigenvalue weighted by atomic mass is 16.5. The summed E-state index contributed by atoms with van der Waals surface area (Å²) < 4.78 is 8.24. The lowest BCUT2D eigenvalue weighted by Crippen LogP contribution is -2.35. The predicted molar refractivity (Wildman–Crippen MR) is 159 cm³/mol. The number of aryl methyl sites for hydroxylation is 1. The summed E-state index contributed by atoms with van der Waals surface area (Å²) in [4.78, 5) is 26.4. The smallest absolute Gasteiger partial charge is 0.338 e. The van der Waals surface area contributed by atoms with Crippen molar-refractivity contribution >= 4 is 28.5 Å². The number of aromatic nitrogens is 1. The van der Waals surface area contributed by atoms with Crippen LogP contribution in [0.15, 0.2) is 72.1 Å². The van der Waals surface area contributed by atoms with Crippen LogP contribution >= 0.6 is 0 Å². The van der Waals surface area contributed by atoms with E-state index in [1.165, 1.54) is 25.7 Å². The highest BCUT2D eigenvalue weighted by Crippen LogP contribution is 2.50. The Bertz CT molecular complexity index is 1460. The Morgan fingerprint density at radius 3 is 2.44 bits per heavy atom. The summed E-state index contributed by atoms with van der Waals surface area (Å²) in [5.41, 5.74) is 3.22. The number of hydrogen-bond acceptors (Lipinski definition) is 4. The molecule has 0 bridgehead atoms. The summed E-state index contributed by atoms with van der Waals surface area (Å²) in [6.07, 6.45) is 12.0. The van der Waals surface area contributed by atoms with Gasteiger partial charge in [0.1, 0.15) is 11.9 Å². The van der Waals surface area contributed by atoms with Gasteiger partial charge < -0.3 is 19.7 Å². The number of ether oxygens (including phenoxy) is 1. The fourth-order valence-electron chi connectivity index (χ4n) is 6.89. The summed E-state index contributed by atoms with van der Waals surface area (Å²) in [6.45, 7) is 0.597. The topological polar surface area (TPSA) is 80.6 Å². The van der Waals surface area contributed by atoms with E-state index in [1.54, 1.807) is 0 Å². The molecule has 1 amide bonds. The van der Waals surface area contributed by atoms with Crippen LogP contribution in [0, 0.1) is 23.7 Å². The molecule has 1 aromatic heterocycles. The largest absolute Gasteiger partial charge is 0.512 e. The molecule has 2 atom stereocenters. The van der Waals surface area contributed by atoms with Gasteiger partial charge in [0.2, 0.25) is 5.91 Å². The Morgan fingerprint density at radius 2 is 1.73 bits per heavy atom. The number of aliphatic hydroxyl groups is 1. The number of hydrogen-bond donors (Lipinski definition) is 2. The molecule has 0 radical (unpaired) electrons. The van der Waals surface area contributed by atoms with Crippen molar-refractivity contribution in [2.24, 2.45) is 23.7 Å². The quantitative estimate of drug-likeness (QED) is 0.228. The van der Waals surface area contributed by atoms with E-state index in [4.69, 9.17) is 4.74 Å². The van der Waals surface area contributed by atoms with Crippen LogP contribution in [0.2, 0.25) is 0 Å². The number of rotatable bonds is 12. The molecular weight excluding hydrogens is 512 g/mol. The number of anilines is 1. The van der Waals surface area contributed by atoms with Gasteiger partial charge in [-0.2, -0.15) is 0 Å². The van der Waals surface area contributed by atoms with Crippen molar-refractivity contribution in [3.05, 3.63) is 77.7 Å². The van der Waals surface area contributed by atoms with E-state index in [2.05, 4.69) is 28.1 Å². The zero-order chi connectivity index (χ0) is 27.9. The maximum atomic E-state index is 13.5. The lowest BCUT2D eigenvalue weighted by molar-refractivity contribution is -0.151. The zero-order valence-corrected chi connectivity index (χ0v) is 23.6. The second-order valence-corrected chi connectivity index (χ2v) is 12.9. The minimum absolute atomic E-state index is 0.0535. The molecule has 1 aliphatic heterocycles. The van der Waals surface area contributed by atoms with E-state index in [9.17, 15) is 14.7 Å². The molecule has 214 valence electrons. The Hall–Kier alpha value is -3.54. The first-order valence-electron chi connectivity index (χ1n) is 15.6. The standard InChI is InChI=1S/C35H40N2O4/c38-30-21-31(27(18-22-8-9-22)19-23-10-11-23)41-35(40)34(30)33(25-12-13-25)26-5-3-6-28(20-26)36-32(39)15-17-37-16-14-24-4-1-2-7-29(24)37/h1-7,14,16,20,22-23,25,27,31,33,38H,8-13,15,17-19,21H2,(H,36,39). The molecule has 0 saturated heterocycles. The van der Waals surface area contributed by atoms with Crippen LogP contribution in [0.4, 0.5) is 5.69 Å². The van der Waals surface area contributed by atoms with Gasteiger partial charge in [-0.05, 0) is 84.6 Å². The molecule has 0 spiro atoms. The summed E-state index contributed by atoms with van der Waals surface area (Å²) in [5, 5.41) is 15.5. The predicted octanol–water partition coefficient (Wildman–Crippen LogP) is 7.51. The number of benzene rings is 2. The van der Waals surface area contributed by atoms with Crippen molar-refractivity contribution in [2.75, 3.05) is 5.32 Å². The number of nitrogens with zero attached hydrogens (tertiary/aromatic N) is 1. The molecule has 6 heteroatoms. The van der Waals surface area contributed by atoms with E-state index in [0.29, 0.717) is 42.5 Å². The molecule has 4 aliphatic rings. The lowest BCUT2D eigenvalue weighted by atomic mass is 9.81. The highest BCUT2D eigenvalue weighted by molar-refractivity contribution is 5.93. The minimum atomic E-state index is -0.347. The van der Waals surface area contributed by atoms with Crippen LogP contribution in [-0.2, 0) is 20.9 Å². The molecule has 3 saturated carbocycles. The fourth-order valence-corrected chi connectivity index (χ4v) is 6.89. The molecule has 2 aromatic carbocycles. The number of nitrogens with one attached hydrogen (secondary N) is 1. The molecule has 3 fully saturated rings. The normalized spacial score (nSPS) is 21.8. The molecule has 2 unspecified atom stereocenters. The van der Waals surface area contributed by atoms with E-state index in [0.717, 1.165) is 54.0 Å². The van der Waals surface area contributed by atoms with Crippen LogP contribution < -0.4 is 5.32 Å². The van der Waals surface area contributed by atoms with E-state index in [1.807, 2.05) is 42.6 Å². The van der Waals surface area contributed by atoms with Crippen molar-refractivity contribution in [3.8, 4) is 0 Å². The first kappa shape index (κ1) is 26.4. The van der Waals surface area contributed by atoms with Crippen LogP contribution in [0.25, 0.3) is 10.9 Å². The Kier molecular flexibility index (Phi) is 7.09. The fraction of sp³-hybridized carbons (Fsp3) is 0.486. The number of carbonyl (C=O) groups excluding carboxylic acids is 2. The number of amides is 1. The number of aliphatic hydroxyl groups excluding tert-OH is 1. The summed E-state index contributed by atoms with van der Waals surface area (Å²) in [7, 11) is 0. The van der Waals surface area contributed by atoms with Crippen LogP contribution in [0.1, 0.15) is 75.7 Å². The van der Waals surface area contributed by atoms with E-state index < -0.39 is 0 Å². The van der Waals surface area contributed by atoms with Crippen LogP contribution in [0.3, 0.4) is 0 Å². The third-order valence-corrected chi connectivity index (χ3v) is 9.57. The van der Waals surface area contributed by atoms with Crippen molar-refractivity contribution in [1.82, 2.24) is 4.57 Å². The molecule has 2 heterocycles. The Morgan fingerprint density at radius 1 is 0.976 bits per heavy atom. The van der Waals surface area contributed by atoms with Crippen molar-refractivity contribution in [3.63, 3.8) is 0 Å². The van der Waals surface area contributed by atoms with Gasteiger partial charge in [0, 0.05) is 42.7 Å². The molecule has 3 aromatic rings. The van der Waals surface area contributed by atoms with Crippen LogP contribution in [0.5, 0.6) is 0 Å². The summed E-state index contributed by atoms with van der Waals surface area (Å²) in [5.74, 6) is 1.80. The van der Waals surface area contributed by atoms with Gasteiger partial charge >= 0.3 is 5.97 Å². The minimum Gasteiger partial charge on any atom is -0.512 e. The molecule has 6 nitrogen and oxygen atoms in total. The maximum absolute atomic E-state index is 13.5. The van der Waals surface area contributed by atoms with Gasteiger partial charge in [-0.3, -0.25) is 4.79 Å². The van der Waals surface area contributed by atoms with Gasteiger partial charge in [-0.25, -0.2) is 4.79 Å². The molecule has 2 N–H and O–H groups in total. The van der Waals surface area contributed by atoms with Gasteiger partial charge in [0.15, 0.2) is 0 Å². The van der Waals surface area contributed by atoms with Crippen molar-refractivity contribution < 1.29 is 19.4 Å². The van der Waals surface area contributed by atoms with Gasteiger partial charge in [-0.15, -0.1) is 0 Å². The highest BCUT2D eigenvalue weighted by Gasteiger charge is 2.45. The second-order valence-electron chi connectivity index (χ2n) is 12.9. The maximum Gasteiger partial charge on any atom is 0.338 e. The van der Waals surface area contributed by atoms with Crippen molar-refractivity contribution in [2.45, 2.75) is 82.8 Å². The van der Waals surface area contributed by atoms with Crippen LogP contribution in [-0.4, -0.2) is 27.7 Å². The Balaban J connectivity index is 1.05. The summed E-state index contributed by atoms with van der Waals surface area (Å²) >= 11 is 0. The third-order valence-electron chi connectivity index (χ3n) is 9.57. The number of cyclic esters (lactones) is 1. The number of para-hydroxylation sites is 1. The third kappa shape index (κ3) is 6.07. The molecule has 7 rings (SSSR count). The van der Waals surface area contributed by atoms with Gasteiger partial charge in [-0.1, -0.05) is 56.0 Å². The number of carbonyl (C=O) groups is 2. The first-order valence-corrected chi connectivity index (χ1v) is 15.6. The lowest BCUT2D eigenvalue weighted by Gasteiger charge is -2.33. The molecule has 3 aliphatic carbocycles. The summed E-state index contributed by atoms with van der Waals surface area (Å²) in [6, 6.07) is 18.0. The SMILES string of the molecule is O=C(CCn1ccc2ccccc21)Nc1cccc(C(C2=C(O)CC(C(CC3CC3)CC3CC3)OC2=O)C2CC2)c1. The monoisotopic (exact) mass is 552 g/mol. The van der Waals surface area contributed by atoms with Gasteiger partial charge in [0.25, 0.3) is 0 Å². The number of esters is 1. The van der Waals surface area contributed by atoms with E-state index >= 15 is 0 Å². The van der Waals surface area contributed by atoms with Gasteiger partial charge in [0.05, 0.1) is 5.57 Å². The van der Waals surface area contributed by atoms with Crippen molar-refractivity contribution in [1.29, 1.82) is 0 Å². The zero-order valence-electron chi connectivity index (χ0n) is 23.6.